The fourth-order valence-electron chi connectivity index (χ4n) is 2.74. The Morgan fingerprint density at radius 2 is 2.14 bits per heavy atom. The summed E-state index contributed by atoms with van der Waals surface area (Å²) in [6.07, 6.45) is 2.22. The van der Waals surface area contributed by atoms with Crippen molar-refractivity contribution in [3.05, 3.63) is 41.8 Å². The summed E-state index contributed by atoms with van der Waals surface area (Å²) in [4.78, 5) is 14.3. The molecular formula is C16H18FN3O. The van der Waals surface area contributed by atoms with Crippen molar-refractivity contribution >= 4 is 5.91 Å². The maximum Gasteiger partial charge on any atom is 0.271 e. The van der Waals surface area contributed by atoms with Gasteiger partial charge in [-0.2, -0.15) is 5.10 Å². The number of aromatic amines is 1. The van der Waals surface area contributed by atoms with E-state index < -0.39 is 0 Å². The minimum Gasteiger partial charge on any atom is -0.337 e. The van der Waals surface area contributed by atoms with Gasteiger partial charge in [-0.05, 0) is 49.1 Å². The van der Waals surface area contributed by atoms with E-state index in [2.05, 4.69) is 17.1 Å². The summed E-state index contributed by atoms with van der Waals surface area (Å²) in [5.41, 5.74) is 1.94. The Morgan fingerprint density at radius 3 is 2.86 bits per heavy atom. The van der Waals surface area contributed by atoms with E-state index in [0.29, 0.717) is 17.3 Å². The van der Waals surface area contributed by atoms with Gasteiger partial charge >= 0.3 is 0 Å². The fraction of sp³-hybridized carbons (Fsp3) is 0.375. The Hall–Kier alpha value is -2.17. The van der Waals surface area contributed by atoms with Crippen LogP contribution in [0, 0.1) is 11.7 Å². The first-order valence-corrected chi connectivity index (χ1v) is 7.24. The zero-order chi connectivity index (χ0) is 14.8. The van der Waals surface area contributed by atoms with E-state index in [1.54, 1.807) is 18.2 Å². The van der Waals surface area contributed by atoms with Crippen LogP contribution in [0.4, 0.5) is 4.39 Å². The van der Waals surface area contributed by atoms with Gasteiger partial charge in [-0.1, -0.05) is 6.92 Å². The molecule has 1 aromatic heterocycles. The molecule has 0 radical (unpaired) electrons. The minimum absolute atomic E-state index is 0.0117. The van der Waals surface area contributed by atoms with E-state index in [0.717, 1.165) is 25.1 Å². The van der Waals surface area contributed by atoms with Gasteiger partial charge in [0.25, 0.3) is 5.91 Å². The number of halogens is 1. The molecule has 0 bridgehead atoms. The van der Waals surface area contributed by atoms with Crippen molar-refractivity contribution in [1.82, 2.24) is 15.1 Å². The predicted molar refractivity (Wildman–Crippen MR) is 78.3 cm³/mol. The monoisotopic (exact) mass is 287 g/mol. The molecule has 1 amide bonds. The third kappa shape index (κ3) is 2.96. The van der Waals surface area contributed by atoms with Crippen molar-refractivity contribution in [3.8, 4) is 11.3 Å². The van der Waals surface area contributed by atoms with Gasteiger partial charge in [0, 0.05) is 18.7 Å². The standard InChI is InChI=1S/C16H18FN3O/c1-11-3-2-8-20(10-11)16(21)15-9-14(18-19-15)12-4-6-13(17)7-5-12/h4-7,9,11H,2-3,8,10H2,1H3,(H,18,19)/t11-/m0/s1. The highest BCUT2D eigenvalue weighted by Crippen LogP contribution is 2.21. The topological polar surface area (TPSA) is 49.0 Å². The van der Waals surface area contributed by atoms with Gasteiger partial charge < -0.3 is 4.90 Å². The van der Waals surface area contributed by atoms with Crippen LogP contribution in [0.2, 0.25) is 0 Å². The molecule has 21 heavy (non-hydrogen) atoms. The summed E-state index contributed by atoms with van der Waals surface area (Å²) >= 11 is 0. The molecule has 0 spiro atoms. The molecule has 1 saturated heterocycles. The second-order valence-corrected chi connectivity index (χ2v) is 5.67. The van der Waals surface area contributed by atoms with Crippen molar-refractivity contribution in [2.75, 3.05) is 13.1 Å². The van der Waals surface area contributed by atoms with Crippen molar-refractivity contribution in [2.45, 2.75) is 19.8 Å². The van der Waals surface area contributed by atoms with E-state index in [4.69, 9.17) is 0 Å². The van der Waals surface area contributed by atoms with Gasteiger partial charge in [-0.25, -0.2) is 4.39 Å². The number of carbonyl (C=O) groups excluding carboxylic acids is 1. The lowest BCUT2D eigenvalue weighted by atomic mass is 10.00. The third-order valence-electron chi connectivity index (χ3n) is 3.89. The van der Waals surface area contributed by atoms with Gasteiger partial charge in [0.1, 0.15) is 11.5 Å². The van der Waals surface area contributed by atoms with Crippen molar-refractivity contribution < 1.29 is 9.18 Å². The van der Waals surface area contributed by atoms with Crippen molar-refractivity contribution in [2.24, 2.45) is 5.92 Å². The van der Waals surface area contributed by atoms with Crippen LogP contribution in [-0.2, 0) is 0 Å². The van der Waals surface area contributed by atoms with Crippen molar-refractivity contribution in [1.29, 1.82) is 0 Å². The molecule has 3 rings (SSSR count). The number of nitrogens with zero attached hydrogens (tertiary/aromatic N) is 2. The summed E-state index contributed by atoms with van der Waals surface area (Å²) < 4.78 is 12.9. The molecule has 2 heterocycles. The number of likely N-dealkylation sites (tertiary alicyclic amines) is 1. The van der Waals surface area contributed by atoms with Gasteiger partial charge in [-0.15, -0.1) is 0 Å². The van der Waals surface area contributed by atoms with Crippen LogP contribution in [0.1, 0.15) is 30.3 Å². The second-order valence-electron chi connectivity index (χ2n) is 5.67. The normalized spacial score (nSPS) is 18.8. The number of hydrogen-bond donors (Lipinski definition) is 1. The van der Waals surface area contributed by atoms with Crippen LogP contribution >= 0.6 is 0 Å². The molecule has 1 aromatic carbocycles. The van der Waals surface area contributed by atoms with Gasteiger partial charge in [0.05, 0.1) is 5.69 Å². The Labute approximate surface area is 123 Å². The molecule has 1 fully saturated rings. The average molecular weight is 287 g/mol. The lowest BCUT2D eigenvalue weighted by Crippen LogP contribution is -2.39. The summed E-state index contributed by atoms with van der Waals surface area (Å²) in [5, 5.41) is 6.95. The first-order valence-electron chi connectivity index (χ1n) is 7.24. The molecule has 2 aromatic rings. The Balaban J connectivity index is 1.78. The van der Waals surface area contributed by atoms with E-state index in [1.807, 2.05) is 4.90 Å². The van der Waals surface area contributed by atoms with Crippen LogP contribution in [0.25, 0.3) is 11.3 Å². The smallest absolute Gasteiger partial charge is 0.271 e. The highest BCUT2D eigenvalue weighted by Gasteiger charge is 2.23. The van der Waals surface area contributed by atoms with Crippen molar-refractivity contribution in [3.63, 3.8) is 0 Å². The second kappa shape index (κ2) is 5.68. The lowest BCUT2D eigenvalue weighted by Gasteiger charge is -2.30. The largest absolute Gasteiger partial charge is 0.337 e. The molecule has 1 aliphatic heterocycles. The van der Waals surface area contributed by atoms with Crippen LogP contribution in [0.3, 0.4) is 0 Å². The number of nitrogens with one attached hydrogen (secondary N) is 1. The zero-order valence-electron chi connectivity index (χ0n) is 12.0. The maximum absolute atomic E-state index is 12.9. The molecule has 0 unspecified atom stereocenters. The summed E-state index contributed by atoms with van der Waals surface area (Å²) in [6.45, 7) is 3.76. The van der Waals surface area contributed by atoms with Gasteiger partial charge in [0.15, 0.2) is 0 Å². The minimum atomic E-state index is -0.284. The molecule has 5 heteroatoms. The van der Waals surface area contributed by atoms with Gasteiger partial charge in [0.2, 0.25) is 0 Å². The quantitative estimate of drug-likeness (QED) is 0.922. The number of amides is 1. The summed E-state index contributed by atoms with van der Waals surface area (Å²) in [5.74, 6) is 0.248. The Bertz CT molecular complexity index is 635. The summed E-state index contributed by atoms with van der Waals surface area (Å²) in [6, 6.07) is 7.82. The lowest BCUT2D eigenvalue weighted by molar-refractivity contribution is 0.0677. The molecule has 110 valence electrons. The van der Waals surface area contributed by atoms with E-state index in [-0.39, 0.29) is 11.7 Å². The molecule has 1 N–H and O–H groups in total. The summed E-state index contributed by atoms with van der Waals surface area (Å²) in [7, 11) is 0. The number of hydrogen-bond acceptors (Lipinski definition) is 2. The zero-order valence-corrected chi connectivity index (χ0v) is 12.0. The van der Waals surface area contributed by atoms with Crippen LogP contribution in [-0.4, -0.2) is 34.1 Å². The predicted octanol–water partition coefficient (Wildman–Crippen LogP) is 3.09. The average Bonchev–Trinajstić information content (AvgIpc) is 2.97. The number of aromatic nitrogens is 2. The van der Waals surface area contributed by atoms with E-state index in [1.165, 1.54) is 18.6 Å². The fourth-order valence-corrected chi connectivity index (χ4v) is 2.74. The number of piperidine rings is 1. The molecule has 1 aliphatic rings. The van der Waals surface area contributed by atoms with E-state index >= 15 is 0 Å². The molecule has 1 atom stereocenters. The molecule has 0 aliphatic carbocycles. The number of carbonyl (C=O) groups is 1. The number of rotatable bonds is 2. The van der Waals surface area contributed by atoms with Crippen LogP contribution < -0.4 is 0 Å². The van der Waals surface area contributed by atoms with Crippen LogP contribution in [0.5, 0.6) is 0 Å². The third-order valence-corrected chi connectivity index (χ3v) is 3.89. The number of benzene rings is 1. The highest BCUT2D eigenvalue weighted by atomic mass is 19.1. The van der Waals surface area contributed by atoms with Gasteiger partial charge in [-0.3, -0.25) is 9.89 Å². The van der Waals surface area contributed by atoms with E-state index in [9.17, 15) is 9.18 Å². The highest BCUT2D eigenvalue weighted by molar-refractivity contribution is 5.93. The molecular weight excluding hydrogens is 269 g/mol. The molecule has 4 nitrogen and oxygen atoms in total. The number of H-pyrrole nitrogens is 1. The first kappa shape index (κ1) is 13.8. The Morgan fingerprint density at radius 1 is 1.38 bits per heavy atom. The first-order chi connectivity index (χ1) is 10.1. The Kier molecular flexibility index (Phi) is 3.73. The maximum atomic E-state index is 12.9. The SMILES string of the molecule is C[C@H]1CCCN(C(=O)c2cc(-c3ccc(F)cc3)n[nH]2)C1. The molecule has 0 saturated carbocycles. The van der Waals surface area contributed by atoms with Crippen LogP contribution in [0.15, 0.2) is 30.3 Å².